The van der Waals surface area contributed by atoms with E-state index in [9.17, 15) is 9.18 Å². The van der Waals surface area contributed by atoms with Crippen LogP contribution in [-0.4, -0.2) is 25.6 Å². The Balaban J connectivity index is 1.63. The molecular formula is C25H33FN2O2. The summed E-state index contributed by atoms with van der Waals surface area (Å²) in [5.74, 6) is 1.08. The van der Waals surface area contributed by atoms with Gasteiger partial charge in [-0.15, -0.1) is 0 Å². The van der Waals surface area contributed by atoms with Crippen molar-refractivity contribution in [1.82, 2.24) is 5.32 Å². The summed E-state index contributed by atoms with van der Waals surface area (Å²) in [4.78, 5) is 13.4. The molecule has 162 valence electrons. The van der Waals surface area contributed by atoms with Gasteiger partial charge in [0, 0.05) is 20.0 Å². The van der Waals surface area contributed by atoms with Gasteiger partial charge in [0.1, 0.15) is 11.6 Å². The summed E-state index contributed by atoms with van der Waals surface area (Å²) in [6.07, 6.45) is 3.00. The SMILES string of the molecule is CCCOc1ccc(C2CCN(c3ccc(C(C)NC(C)=O)cc3F)CC2)c(C)c1. The Morgan fingerprint density at radius 3 is 2.57 bits per heavy atom. The van der Waals surface area contributed by atoms with E-state index in [-0.39, 0.29) is 17.8 Å². The molecule has 1 N–H and O–H groups in total. The number of nitrogens with one attached hydrogen (secondary N) is 1. The standard InChI is InChI=1S/C25H33FN2O2/c1-5-14-30-22-7-8-23(17(2)15-22)20-10-12-28(13-11-20)25-9-6-21(16-24(25)26)18(3)27-19(4)29/h6-9,15-16,18,20H,5,10-14H2,1-4H3,(H,27,29). The Labute approximate surface area is 179 Å². The van der Waals surface area contributed by atoms with Crippen LogP contribution in [0.15, 0.2) is 36.4 Å². The number of halogens is 1. The van der Waals surface area contributed by atoms with Crippen LogP contribution in [-0.2, 0) is 4.79 Å². The number of hydrogen-bond donors (Lipinski definition) is 1. The molecule has 2 aromatic carbocycles. The van der Waals surface area contributed by atoms with Crippen LogP contribution < -0.4 is 15.0 Å². The van der Waals surface area contributed by atoms with E-state index in [1.54, 1.807) is 6.07 Å². The minimum Gasteiger partial charge on any atom is -0.494 e. The highest BCUT2D eigenvalue weighted by atomic mass is 19.1. The van der Waals surface area contributed by atoms with Crippen LogP contribution in [0.25, 0.3) is 0 Å². The summed E-state index contributed by atoms with van der Waals surface area (Å²) in [6, 6.07) is 11.5. The molecule has 1 aliphatic rings. The fourth-order valence-corrected chi connectivity index (χ4v) is 4.28. The van der Waals surface area contributed by atoms with E-state index < -0.39 is 0 Å². The molecule has 3 rings (SSSR count). The van der Waals surface area contributed by atoms with Gasteiger partial charge in [0.25, 0.3) is 0 Å². The molecule has 1 fully saturated rings. The first-order valence-corrected chi connectivity index (χ1v) is 10.9. The highest BCUT2D eigenvalue weighted by molar-refractivity contribution is 5.73. The maximum atomic E-state index is 14.8. The van der Waals surface area contributed by atoms with E-state index >= 15 is 0 Å². The molecule has 30 heavy (non-hydrogen) atoms. The van der Waals surface area contributed by atoms with Crippen LogP contribution in [0.5, 0.6) is 5.75 Å². The molecule has 1 heterocycles. The van der Waals surface area contributed by atoms with Crippen molar-refractivity contribution in [2.45, 2.75) is 58.9 Å². The van der Waals surface area contributed by atoms with Gasteiger partial charge in [0.2, 0.25) is 5.91 Å². The van der Waals surface area contributed by atoms with Crippen molar-refractivity contribution in [2.75, 3.05) is 24.6 Å². The van der Waals surface area contributed by atoms with Crippen molar-refractivity contribution in [3.05, 3.63) is 58.9 Å². The van der Waals surface area contributed by atoms with Gasteiger partial charge in [0.15, 0.2) is 0 Å². The zero-order chi connectivity index (χ0) is 21.7. The Kier molecular flexibility index (Phi) is 7.35. The summed E-state index contributed by atoms with van der Waals surface area (Å²) in [6.45, 7) is 9.99. The summed E-state index contributed by atoms with van der Waals surface area (Å²) < 4.78 is 20.5. The first-order chi connectivity index (χ1) is 14.4. The van der Waals surface area contributed by atoms with E-state index in [1.165, 1.54) is 18.1 Å². The fraction of sp³-hybridized carbons (Fsp3) is 0.480. The van der Waals surface area contributed by atoms with Crippen molar-refractivity contribution in [3.63, 3.8) is 0 Å². The van der Waals surface area contributed by atoms with Gasteiger partial charge in [-0.25, -0.2) is 4.39 Å². The van der Waals surface area contributed by atoms with Gasteiger partial charge >= 0.3 is 0 Å². The van der Waals surface area contributed by atoms with Crippen LogP contribution in [0.4, 0.5) is 10.1 Å². The molecule has 0 bridgehead atoms. The molecule has 5 heteroatoms. The van der Waals surface area contributed by atoms with Crippen LogP contribution in [0.3, 0.4) is 0 Å². The Bertz CT molecular complexity index is 875. The van der Waals surface area contributed by atoms with Crippen LogP contribution >= 0.6 is 0 Å². The average Bonchev–Trinajstić information content (AvgIpc) is 2.72. The predicted molar refractivity (Wildman–Crippen MR) is 120 cm³/mol. The second-order valence-electron chi connectivity index (χ2n) is 8.26. The lowest BCUT2D eigenvalue weighted by molar-refractivity contribution is -0.119. The zero-order valence-corrected chi connectivity index (χ0v) is 18.5. The largest absolute Gasteiger partial charge is 0.494 e. The van der Waals surface area contributed by atoms with Crippen molar-refractivity contribution in [2.24, 2.45) is 0 Å². The van der Waals surface area contributed by atoms with Crippen molar-refractivity contribution < 1.29 is 13.9 Å². The Morgan fingerprint density at radius 2 is 1.97 bits per heavy atom. The fourth-order valence-electron chi connectivity index (χ4n) is 4.28. The smallest absolute Gasteiger partial charge is 0.217 e. The van der Waals surface area contributed by atoms with Crippen molar-refractivity contribution in [1.29, 1.82) is 0 Å². The lowest BCUT2D eigenvalue weighted by Gasteiger charge is -2.34. The van der Waals surface area contributed by atoms with Crippen molar-refractivity contribution >= 4 is 11.6 Å². The number of carbonyl (C=O) groups excluding carboxylic acids is 1. The monoisotopic (exact) mass is 412 g/mol. The van der Waals surface area contributed by atoms with E-state index in [0.717, 1.165) is 50.3 Å². The zero-order valence-electron chi connectivity index (χ0n) is 18.5. The van der Waals surface area contributed by atoms with E-state index in [4.69, 9.17) is 4.74 Å². The number of anilines is 1. The third-order valence-corrected chi connectivity index (χ3v) is 5.88. The summed E-state index contributed by atoms with van der Waals surface area (Å²) in [7, 11) is 0. The third kappa shape index (κ3) is 5.32. The normalized spacial score (nSPS) is 15.7. The van der Waals surface area contributed by atoms with Crippen LogP contribution in [0.2, 0.25) is 0 Å². The second-order valence-corrected chi connectivity index (χ2v) is 8.26. The maximum absolute atomic E-state index is 14.8. The Hall–Kier alpha value is -2.56. The second kappa shape index (κ2) is 9.96. The molecule has 0 spiro atoms. The summed E-state index contributed by atoms with van der Waals surface area (Å²) >= 11 is 0. The summed E-state index contributed by atoms with van der Waals surface area (Å²) in [5, 5.41) is 2.80. The molecule has 0 aliphatic carbocycles. The molecule has 0 aromatic heterocycles. The number of piperidine rings is 1. The van der Waals surface area contributed by atoms with Crippen LogP contribution in [0.1, 0.15) is 68.7 Å². The van der Waals surface area contributed by atoms with E-state index in [1.807, 2.05) is 19.1 Å². The number of hydrogen-bond acceptors (Lipinski definition) is 3. The van der Waals surface area contributed by atoms with Gasteiger partial charge in [-0.2, -0.15) is 0 Å². The van der Waals surface area contributed by atoms with Gasteiger partial charge in [-0.3, -0.25) is 4.79 Å². The maximum Gasteiger partial charge on any atom is 0.217 e. The van der Waals surface area contributed by atoms with Crippen molar-refractivity contribution in [3.8, 4) is 5.75 Å². The number of nitrogens with zero attached hydrogens (tertiary/aromatic N) is 1. The molecule has 4 nitrogen and oxygen atoms in total. The van der Waals surface area contributed by atoms with Gasteiger partial charge in [-0.05, 0) is 80.0 Å². The minimum absolute atomic E-state index is 0.116. The number of benzene rings is 2. The van der Waals surface area contributed by atoms with Crippen LogP contribution in [0, 0.1) is 12.7 Å². The molecule has 1 aliphatic heterocycles. The van der Waals surface area contributed by atoms with Gasteiger partial charge < -0.3 is 15.0 Å². The lowest BCUT2D eigenvalue weighted by atomic mass is 9.86. The first kappa shape index (κ1) is 22.1. The first-order valence-electron chi connectivity index (χ1n) is 10.9. The van der Waals surface area contributed by atoms with Gasteiger partial charge in [0.05, 0.1) is 18.3 Å². The highest BCUT2D eigenvalue weighted by Crippen LogP contribution is 2.34. The number of aryl methyl sites for hydroxylation is 1. The highest BCUT2D eigenvalue weighted by Gasteiger charge is 2.24. The molecule has 2 aromatic rings. The molecule has 1 atom stereocenters. The van der Waals surface area contributed by atoms with E-state index in [0.29, 0.717) is 11.6 Å². The third-order valence-electron chi connectivity index (χ3n) is 5.88. The summed E-state index contributed by atoms with van der Waals surface area (Å²) in [5.41, 5.74) is 4.07. The molecule has 1 saturated heterocycles. The number of ether oxygens (including phenoxy) is 1. The van der Waals surface area contributed by atoms with Gasteiger partial charge in [-0.1, -0.05) is 19.1 Å². The Morgan fingerprint density at radius 1 is 1.23 bits per heavy atom. The average molecular weight is 413 g/mol. The molecular weight excluding hydrogens is 379 g/mol. The topological polar surface area (TPSA) is 41.6 Å². The quantitative estimate of drug-likeness (QED) is 0.652. The molecule has 1 unspecified atom stereocenters. The van der Waals surface area contributed by atoms with E-state index in [2.05, 4.69) is 42.3 Å². The minimum atomic E-state index is -0.225. The number of carbonyl (C=O) groups is 1. The predicted octanol–water partition coefficient (Wildman–Crippen LogP) is 5.50. The lowest BCUT2D eigenvalue weighted by Crippen LogP contribution is -2.33. The number of amides is 1. The number of rotatable bonds is 7. The molecule has 0 saturated carbocycles. The molecule has 1 amide bonds. The molecule has 0 radical (unpaired) electrons.